The Morgan fingerprint density at radius 1 is 1.10 bits per heavy atom. The molecule has 29 heavy (non-hydrogen) atoms. The lowest BCUT2D eigenvalue weighted by Gasteiger charge is -2.27. The quantitative estimate of drug-likeness (QED) is 0.779. The van der Waals surface area contributed by atoms with E-state index in [4.69, 9.17) is 9.15 Å². The van der Waals surface area contributed by atoms with Crippen LogP contribution in [0.3, 0.4) is 0 Å². The van der Waals surface area contributed by atoms with E-state index in [1.807, 2.05) is 31.3 Å². The summed E-state index contributed by atoms with van der Waals surface area (Å²) in [6.07, 6.45) is 4.21. The monoisotopic (exact) mass is 399 g/mol. The Kier molecular flexibility index (Phi) is 6.16. The summed E-state index contributed by atoms with van der Waals surface area (Å²) in [6, 6.07) is 10.0. The molecule has 0 unspecified atom stereocenters. The summed E-state index contributed by atoms with van der Waals surface area (Å²) in [5.74, 6) is 0.246. The number of likely N-dealkylation sites (N-methyl/N-ethyl adjacent to an activating group) is 1. The summed E-state index contributed by atoms with van der Waals surface area (Å²) in [5.41, 5.74) is 0.714. The number of nitrogens with one attached hydrogen (secondary N) is 2. The number of hydrogen-bond acceptors (Lipinski definition) is 5. The first-order chi connectivity index (χ1) is 14.1. The number of carbonyl (C=O) groups excluding carboxylic acids is 2. The summed E-state index contributed by atoms with van der Waals surface area (Å²) in [7, 11) is 2.04. The molecule has 0 bridgehead atoms. The molecular formula is C22H29N3O4. The molecule has 4 rings (SSSR count). The standard InChI is InChI=1S/C22H29N3O4/c1-25-17(13-21(26)24-16-8-10-28-11-9-16)6-7-18(25)14-23-22(27)20-12-15-4-2-3-5-19(15)29-20/h2-5,12,16-18H,6-11,13-14H2,1H3,(H,23,27)(H,24,26)/t17-,18+/m1/s1. The highest BCUT2D eigenvalue weighted by Gasteiger charge is 2.32. The van der Waals surface area contributed by atoms with Crippen molar-refractivity contribution in [3.8, 4) is 0 Å². The number of benzene rings is 1. The van der Waals surface area contributed by atoms with Crippen LogP contribution in [-0.4, -0.2) is 61.6 Å². The second-order valence-corrected chi connectivity index (χ2v) is 8.07. The molecular weight excluding hydrogens is 370 g/mol. The Balaban J connectivity index is 1.24. The number of para-hydroxylation sites is 1. The third-order valence-electron chi connectivity index (χ3n) is 6.14. The maximum Gasteiger partial charge on any atom is 0.287 e. The van der Waals surface area contributed by atoms with Crippen molar-refractivity contribution in [1.82, 2.24) is 15.5 Å². The molecule has 2 aromatic rings. The SMILES string of the molecule is CN1[C@@H](CC(=O)NC2CCOCC2)CC[C@H]1CNC(=O)c1cc2ccccc2o1. The number of fused-ring (bicyclic) bond motifs is 1. The van der Waals surface area contributed by atoms with E-state index in [9.17, 15) is 9.59 Å². The van der Waals surface area contributed by atoms with E-state index in [-0.39, 0.29) is 29.9 Å². The number of likely N-dealkylation sites (tertiary alicyclic amines) is 1. The molecule has 3 heterocycles. The van der Waals surface area contributed by atoms with Gasteiger partial charge >= 0.3 is 0 Å². The normalized spacial score (nSPS) is 23.3. The molecule has 0 saturated carbocycles. The number of rotatable bonds is 6. The molecule has 2 saturated heterocycles. The van der Waals surface area contributed by atoms with Gasteiger partial charge in [-0.25, -0.2) is 0 Å². The molecule has 1 aromatic heterocycles. The van der Waals surface area contributed by atoms with Gasteiger partial charge in [-0.1, -0.05) is 18.2 Å². The van der Waals surface area contributed by atoms with Gasteiger partial charge in [-0.05, 0) is 44.9 Å². The molecule has 2 aliphatic rings. The van der Waals surface area contributed by atoms with Crippen LogP contribution in [0.4, 0.5) is 0 Å². The van der Waals surface area contributed by atoms with E-state index in [0.717, 1.165) is 44.3 Å². The van der Waals surface area contributed by atoms with Crippen molar-refractivity contribution >= 4 is 22.8 Å². The molecule has 0 radical (unpaired) electrons. The van der Waals surface area contributed by atoms with Crippen molar-refractivity contribution in [2.24, 2.45) is 0 Å². The first-order valence-corrected chi connectivity index (χ1v) is 10.5. The van der Waals surface area contributed by atoms with E-state index >= 15 is 0 Å². The largest absolute Gasteiger partial charge is 0.451 e. The Morgan fingerprint density at radius 2 is 1.86 bits per heavy atom. The third-order valence-corrected chi connectivity index (χ3v) is 6.14. The molecule has 7 heteroatoms. The summed E-state index contributed by atoms with van der Waals surface area (Å²) in [6.45, 7) is 1.99. The summed E-state index contributed by atoms with van der Waals surface area (Å²) in [4.78, 5) is 27.1. The van der Waals surface area contributed by atoms with Crippen LogP contribution in [-0.2, 0) is 9.53 Å². The molecule has 2 fully saturated rings. The molecule has 156 valence electrons. The molecule has 7 nitrogen and oxygen atoms in total. The summed E-state index contributed by atoms with van der Waals surface area (Å²) in [5, 5.41) is 7.04. The van der Waals surface area contributed by atoms with Gasteiger partial charge in [-0.2, -0.15) is 0 Å². The number of nitrogens with zero attached hydrogens (tertiary/aromatic N) is 1. The van der Waals surface area contributed by atoms with Crippen molar-refractivity contribution in [1.29, 1.82) is 0 Å². The molecule has 2 amide bonds. The first kappa shape index (κ1) is 19.9. The molecule has 2 atom stereocenters. The Morgan fingerprint density at radius 3 is 2.66 bits per heavy atom. The van der Waals surface area contributed by atoms with Gasteiger partial charge in [0.1, 0.15) is 5.58 Å². The fourth-order valence-electron chi connectivity index (χ4n) is 4.32. The zero-order valence-corrected chi connectivity index (χ0v) is 16.9. The molecule has 0 aliphatic carbocycles. The van der Waals surface area contributed by atoms with Gasteiger partial charge in [0.25, 0.3) is 5.91 Å². The number of amides is 2. The molecule has 2 N–H and O–H groups in total. The van der Waals surface area contributed by atoms with E-state index < -0.39 is 0 Å². The van der Waals surface area contributed by atoms with Crippen LogP contribution in [0.5, 0.6) is 0 Å². The number of hydrogen-bond donors (Lipinski definition) is 2. The molecule has 2 aliphatic heterocycles. The van der Waals surface area contributed by atoms with E-state index in [0.29, 0.717) is 24.3 Å². The van der Waals surface area contributed by atoms with Crippen molar-refractivity contribution < 1.29 is 18.7 Å². The minimum Gasteiger partial charge on any atom is -0.451 e. The minimum absolute atomic E-state index is 0.112. The summed E-state index contributed by atoms with van der Waals surface area (Å²) < 4.78 is 11.0. The average molecular weight is 399 g/mol. The van der Waals surface area contributed by atoms with E-state index in [2.05, 4.69) is 15.5 Å². The van der Waals surface area contributed by atoms with E-state index in [1.165, 1.54) is 0 Å². The Labute approximate surface area is 170 Å². The predicted octanol–water partition coefficient (Wildman–Crippen LogP) is 2.31. The van der Waals surface area contributed by atoms with Crippen LogP contribution in [0.2, 0.25) is 0 Å². The van der Waals surface area contributed by atoms with Gasteiger partial charge in [0.15, 0.2) is 5.76 Å². The summed E-state index contributed by atoms with van der Waals surface area (Å²) >= 11 is 0. The Hall–Kier alpha value is -2.38. The molecule has 0 spiro atoms. The van der Waals surface area contributed by atoms with Gasteiger partial charge in [0, 0.05) is 49.7 Å². The van der Waals surface area contributed by atoms with Crippen LogP contribution < -0.4 is 10.6 Å². The zero-order valence-electron chi connectivity index (χ0n) is 16.9. The molecule has 1 aromatic carbocycles. The first-order valence-electron chi connectivity index (χ1n) is 10.5. The van der Waals surface area contributed by atoms with Gasteiger partial charge in [-0.15, -0.1) is 0 Å². The number of carbonyl (C=O) groups is 2. The average Bonchev–Trinajstić information content (AvgIpc) is 3.31. The van der Waals surface area contributed by atoms with Crippen LogP contribution in [0.15, 0.2) is 34.7 Å². The second kappa shape index (κ2) is 8.97. The van der Waals surface area contributed by atoms with Crippen LogP contribution in [0, 0.1) is 0 Å². The van der Waals surface area contributed by atoms with Crippen molar-refractivity contribution in [2.75, 3.05) is 26.8 Å². The smallest absolute Gasteiger partial charge is 0.287 e. The minimum atomic E-state index is -0.199. The fraction of sp³-hybridized carbons (Fsp3) is 0.545. The highest BCUT2D eigenvalue weighted by atomic mass is 16.5. The maximum absolute atomic E-state index is 12.5. The lowest BCUT2D eigenvalue weighted by molar-refractivity contribution is -0.123. The van der Waals surface area contributed by atoms with Gasteiger partial charge in [0.05, 0.1) is 0 Å². The van der Waals surface area contributed by atoms with Crippen LogP contribution >= 0.6 is 0 Å². The van der Waals surface area contributed by atoms with Gasteiger partial charge in [-0.3, -0.25) is 14.5 Å². The Bertz CT molecular complexity index is 826. The van der Waals surface area contributed by atoms with Crippen LogP contribution in [0.25, 0.3) is 11.0 Å². The topological polar surface area (TPSA) is 83.8 Å². The van der Waals surface area contributed by atoms with Gasteiger partial charge in [0.2, 0.25) is 5.91 Å². The van der Waals surface area contributed by atoms with E-state index in [1.54, 1.807) is 6.07 Å². The number of ether oxygens (including phenoxy) is 1. The van der Waals surface area contributed by atoms with Gasteiger partial charge < -0.3 is 19.8 Å². The van der Waals surface area contributed by atoms with Crippen LogP contribution in [0.1, 0.15) is 42.7 Å². The fourth-order valence-corrected chi connectivity index (χ4v) is 4.32. The van der Waals surface area contributed by atoms with Crippen molar-refractivity contribution in [3.63, 3.8) is 0 Å². The number of furan rings is 1. The predicted molar refractivity (Wildman–Crippen MR) is 110 cm³/mol. The van der Waals surface area contributed by atoms with Crippen molar-refractivity contribution in [3.05, 3.63) is 36.1 Å². The maximum atomic E-state index is 12.5. The second-order valence-electron chi connectivity index (χ2n) is 8.07. The lowest BCUT2D eigenvalue weighted by Crippen LogP contribution is -2.44. The van der Waals surface area contributed by atoms with Crippen molar-refractivity contribution in [2.45, 2.75) is 50.2 Å². The highest BCUT2D eigenvalue weighted by Crippen LogP contribution is 2.25. The third kappa shape index (κ3) is 4.79. The zero-order chi connectivity index (χ0) is 20.2. The lowest BCUT2D eigenvalue weighted by atomic mass is 10.1. The highest BCUT2D eigenvalue weighted by molar-refractivity contribution is 5.96.